The molecule has 1 aliphatic heterocycles. The Bertz CT molecular complexity index is 634. The molecule has 3 heteroatoms. The summed E-state index contributed by atoms with van der Waals surface area (Å²) in [6, 6.07) is 17.7. The van der Waals surface area contributed by atoms with Crippen LogP contribution in [0.4, 0.5) is 5.69 Å². The number of para-hydroxylation sites is 1. The van der Waals surface area contributed by atoms with Gasteiger partial charge in [0.25, 0.3) is 5.91 Å². The Kier molecular flexibility index (Phi) is 2.97. The fourth-order valence-corrected chi connectivity index (χ4v) is 2.61. The summed E-state index contributed by atoms with van der Waals surface area (Å²) in [5.41, 5.74) is 2.38. The smallest absolute Gasteiger partial charge is 0.258 e. The van der Waals surface area contributed by atoms with Gasteiger partial charge in [-0.1, -0.05) is 42.5 Å². The van der Waals surface area contributed by atoms with Crippen LogP contribution in [0.25, 0.3) is 0 Å². The van der Waals surface area contributed by atoms with Crippen molar-refractivity contribution in [3.05, 3.63) is 65.7 Å². The van der Waals surface area contributed by atoms with Gasteiger partial charge in [-0.3, -0.25) is 4.79 Å². The van der Waals surface area contributed by atoms with Gasteiger partial charge < -0.3 is 10.2 Å². The van der Waals surface area contributed by atoms with E-state index >= 15 is 0 Å². The fourth-order valence-electron chi connectivity index (χ4n) is 2.61. The largest absolute Gasteiger partial charge is 0.362 e. The number of benzene rings is 2. The van der Waals surface area contributed by atoms with E-state index in [1.54, 1.807) is 0 Å². The summed E-state index contributed by atoms with van der Waals surface area (Å²) in [4.78, 5) is 14.6. The van der Waals surface area contributed by atoms with E-state index in [4.69, 9.17) is 0 Å². The lowest BCUT2D eigenvalue weighted by atomic mass is 10.0. The zero-order valence-corrected chi connectivity index (χ0v) is 11.8. The molecule has 1 amide bonds. The molecule has 0 spiro atoms. The molecule has 2 aromatic rings. The van der Waals surface area contributed by atoms with Crippen molar-refractivity contribution >= 4 is 11.6 Å². The van der Waals surface area contributed by atoms with Gasteiger partial charge in [-0.15, -0.1) is 0 Å². The second kappa shape index (κ2) is 4.67. The third kappa shape index (κ3) is 2.16. The van der Waals surface area contributed by atoms with Crippen molar-refractivity contribution in [2.75, 3.05) is 5.32 Å². The van der Waals surface area contributed by atoms with Crippen LogP contribution in [0.3, 0.4) is 0 Å². The van der Waals surface area contributed by atoms with Crippen LogP contribution in [0.2, 0.25) is 0 Å². The predicted octanol–water partition coefficient (Wildman–Crippen LogP) is 3.49. The second-order valence-corrected chi connectivity index (χ2v) is 5.61. The molecule has 0 atom stereocenters. The van der Waals surface area contributed by atoms with Crippen molar-refractivity contribution in [3.8, 4) is 0 Å². The maximum absolute atomic E-state index is 12.7. The van der Waals surface area contributed by atoms with E-state index in [0.717, 1.165) is 16.8 Å². The Labute approximate surface area is 119 Å². The molecule has 0 saturated heterocycles. The number of hydrogen-bond donors (Lipinski definition) is 1. The predicted molar refractivity (Wildman–Crippen MR) is 80.5 cm³/mol. The number of amides is 1. The van der Waals surface area contributed by atoms with Crippen LogP contribution in [0.5, 0.6) is 0 Å². The van der Waals surface area contributed by atoms with E-state index in [9.17, 15) is 4.79 Å². The van der Waals surface area contributed by atoms with Gasteiger partial charge in [-0.2, -0.15) is 0 Å². The number of nitrogens with zero attached hydrogens (tertiary/aromatic N) is 1. The highest BCUT2D eigenvalue weighted by Gasteiger charge is 2.37. The average molecular weight is 266 g/mol. The lowest BCUT2D eigenvalue weighted by Crippen LogP contribution is -2.55. The molecule has 0 fully saturated rings. The zero-order chi connectivity index (χ0) is 14.2. The van der Waals surface area contributed by atoms with Gasteiger partial charge in [0.2, 0.25) is 0 Å². The molecule has 3 rings (SSSR count). The van der Waals surface area contributed by atoms with Gasteiger partial charge in [-0.25, -0.2) is 0 Å². The van der Waals surface area contributed by atoms with E-state index in [-0.39, 0.29) is 5.91 Å². The Morgan fingerprint density at radius 2 is 1.65 bits per heavy atom. The molecule has 0 saturated carbocycles. The van der Waals surface area contributed by atoms with Crippen LogP contribution in [0.1, 0.15) is 29.8 Å². The number of hydrogen-bond acceptors (Lipinski definition) is 2. The molecule has 2 aromatic carbocycles. The van der Waals surface area contributed by atoms with Crippen molar-refractivity contribution in [1.82, 2.24) is 4.90 Å². The molecular weight excluding hydrogens is 248 g/mol. The van der Waals surface area contributed by atoms with Crippen molar-refractivity contribution in [2.45, 2.75) is 26.1 Å². The van der Waals surface area contributed by atoms with Gasteiger partial charge in [0.15, 0.2) is 0 Å². The molecule has 1 aliphatic rings. The first-order chi connectivity index (χ1) is 9.58. The van der Waals surface area contributed by atoms with E-state index in [2.05, 4.69) is 5.32 Å². The maximum atomic E-state index is 12.7. The first-order valence-corrected chi connectivity index (χ1v) is 6.81. The van der Waals surface area contributed by atoms with Crippen LogP contribution in [-0.2, 0) is 6.54 Å². The van der Waals surface area contributed by atoms with Crippen molar-refractivity contribution in [2.24, 2.45) is 0 Å². The standard InChI is InChI=1S/C17H18N2O/c1-17(2)18-15-11-7-6-10-14(15)16(20)19(17)12-13-8-4-3-5-9-13/h3-11,18H,12H2,1-2H3. The van der Waals surface area contributed by atoms with Crippen LogP contribution < -0.4 is 5.32 Å². The van der Waals surface area contributed by atoms with Crippen molar-refractivity contribution in [3.63, 3.8) is 0 Å². The van der Waals surface area contributed by atoms with Crippen molar-refractivity contribution in [1.29, 1.82) is 0 Å². The maximum Gasteiger partial charge on any atom is 0.258 e. The lowest BCUT2D eigenvalue weighted by Gasteiger charge is -2.44. The molecule has 0 aromatic heterocycles. The summed E-state index contributed by atoms with van der Waals surface area (Å²) in [6.45, 7) is 4.67. The highest BCUT2D eigenvalue weighted by atomic mass is 16.2. The van der Waals surface area contributed by atoms with Crippen LogP contribution in [-0.4, -0.2) is 16.5 Å². The van der Waals surface area contributed by atoms with Gasteiger partial charge in [0, 0.05) is 12.2 Å². The van der Waals surface area contributed by atoms with E-state index < -0.39 is 5.66 Å². The zero-order valence-electron chi connectivity index (χ0n) is 11.8. The summed E-state index contributed by atoms with van der Waals surface area (Å²) < 4.78 is 0. The molecule has 3 nitrogen and oxygen atoms in total. The Balaban J connectivity index is 1.97. The molecule has 1 N–H and O–H groups in total. The molecule has 102 valence electrons. The summed E-state index contributed by atoms with van der Waals surface area (Å²) >= 11 is 0. The SMILES string of the molecule is CC1(C)Nc2ccccc2C(=O)N1Cc1ccccc1. The quantitative estimate of drug-likeness (QED) is 0.902. The molecule has 0 radical (unpaired) electrons. The summed E-state index contributed by atoms with van der Waals surface area (Å²) in [7, 11) is 0. The fraction of sp³-hybridized carbons (Fsp3) is 0.235. The molecule has 20 heavy (non-hydrogen) atoms. The lowest BCUT2D eigenvalue weighted by molar-refractivity contribution is 0.0552. The number of carbonyl (C=O) groups is 1. The minimum Gasteiger partial charge on any atom is -0.362 e. The highest BCUT2D eigenvalue weighted by Crippen LogP contribution is 2.31. The number of fused-ring (bicyclic) bond motifs is 1. The third-order valence-electron chi connectivity index (χ3n) is 3.70. The monoisotopic (exact) mass is 266 g/mol. The minimum absolute atomic E-state index is 0.0770. The van der Waals surface area contributed by atoms with Crippen LogP contribution >= 0.6 is 0 Å². The third-order valence-corrected chi connectivity index (χ3v) is 3.70. The Morgan fingerprint density at radius 3 is 2.40 bits per heavy atom. The van der Waals surface area contributed by atoms with E-state index in [0.29, 0.717) is 6.54 Å². The van der Waals surface area contributed by atoms with E-state index in [1.807, 2.05) is 73.3 Å². The molecule has 0 aliphatic carbocycles. The highest BCUT2D eigenvalue weighted by molar-refractivity contribution is 6.02. The summed E-state index contributed by atoms with van der Waals surface area (Å²) in [5, 5.41) is 3.44. The minimum atomic E-state index is -0.402. The summed E-state index contributed by atoms with van der Waals surface area (Å²) in [5.74, 6) is 0.0770. The first-order valence-electron chi connectivity index (χ1n) is 6.81. The average Bonchev–Trinajstić information content (AvgIpc) is 2.44. The number of carbonyl (C=O) groups excluding carboxylic acids is 1. The molecule has 0 bridgehead atoms. The number of nitrogens with one attached hydrogen (secondary N) is 1. The number of anilines is 1. The molecule has 1 heterocycles. The van der Waals surface area contributed by atoms with Crippen LogP contribution in [0.15, 0.2) is 54.6 Å². The van der Waals surface area contributed by atoms with Gasteiger partial charge in [0.05, 0.1) is 5.56 Å². The molecular formula is C17H18N2O. The summed E-state index contributed by atoms with van der Waals surface area (Å²) in [6.07, 6.45) is 0. The van der Waals surface area contributed by atoms with Gasteiger partial charge in [-0.05, 0) is 31.5 Å². The first kappa shape index (κ1) is 12.7. The van der Waals surface area contributed by atoms with Crippen LogP contribution in [0, 0.1) is 0 Å². The normalized spacial score (nSPS) is 16.5. The topological polar surface area (TPSA) is 32.3 Å². The van der Waals surface area contributed by atoms with Gasteiger partial charge >= 0.3 is 0 Å². The Morgan fingerprint density at radius 1 is 1.00 bits per heavy atom. The molecule has 0 unspecified atom stereocenters. The second-order valence-electron chi connectivity index (χ2n) is 5.61. The van der Waals surface area contributed by atoms with Gasteiger partial charge in [0.1, 0.15) is 5.66 Å². The number of rotatable bonds is 2. The van der Waals surface area contributed by atoms with E-state index in [1.165, 1.54) is 0 Å². The van der Waals surface area contributed by atoms with Crippen molar-refractivity contribution < 1.29 is 4.79 Å². The Hall–Kier alpha value is -2.29.